The van der Waals surface area contributed by atoms with Crippen molar-refractivity contribution in [2.45, 2.75) is 24.8 Å². The molecule has 0 aromatic heterocycles. The first kappa shape index (κ1) is 21.6. The van der Waals surface area contributed by atoms with Crippen LogP contribution in [0.2, 0.25) is 0 Å². The Kier molecular flexibility index (Phi) is 7.71. The van der Waals surface area contributed by atoms with E-state index in [0.29, 0.717) is 6.54 Å². The van der Waals surface area contributed by atoms with E-state index in [1.165, 1.54) is 17.0 Å². The number of amides is 1. The Hall–Kier alpha value is -2.71. The molecule has 2 rings (SSSR count). The topological polar surface area (TPSA) is 92.8 Å². The van der Waals surface area contributed by atoms with Crippen molar-refractivity contribution in [1.29, 1.82) is 0 Å². The molecule has 8 heteroatoms. The average Bonchev–Trinajstić information content (AvgIpc) is 2.67. The van der Waals surface area contributed by atoms with E-state index in [-0.39, 0.29) is 30.4 Å². The van der Waals surface area contributed by atoms with Crippen molar-refractivity contribution in [2.24, 2.45) is 0 Å². The predicted octanol–water partition coefficient (Wildman–Crippen LogP) is 1.87. The number of carbonyl (C=O) groups excluding carboxylic acids is 2. The molecule has 2 aromatic carbocycles. The van der Waals surface area contributed by atoms with Crippen molar-refractivity contribution < 1.29 is 22.7 Å². The number of aryl methyl sites for hydroxylation is 1. The molecule has 0 unspecified atom stereocenters. The van der Waals surface area contributed by atoms with Gasteiger partial charge in [0.05, 0.1) is 11.3 Å². The smallest absolute Gasteiger partial charge is 0.307 e. The van der Waals surface area contributed by atoms with Gasteiger partial charge in [-0.3, -0.25) is 9.59 Å². The minimum atomic E-state index is -3.68. The number of esters is 1. The van der Waals surface area contributed by atoms with Gasteiger partial charge < -0.3 is 9.64 Å². The minimum Gasteiger partial charge on any atom is -0.456 e. The molecule has 2 aromatic rings. The SMILES string of the molecule is Cc1ccc(S(=O)(=O)NCCC(=O)OCC(=O)N(C)Cc2ccccc2)cc1. The van der Waals surface area contributed by atoms with Crippen molar-refractivity contribution in [3.63, 3.8) is 0 Å². The van der Waals surface area contributed by atoms with Gasteiger partial charge in [0.15, 0.2) is 6.61 Å². The maximum absolute atomic E-state index is 12.1. The highest BCUT2D eigenvalue weighted by Crippen LogP contribution is 2.09. The van der Waals surface area contributed by atoms with Gasteiger partial charge >= 0.3 is 5.97 Å². The van der Waals surface area contributed by atoms with E-state index in [0.717, 1.165) is 11.1 Å². The summed E-state index contributed by atoms with van der Waals surface area (Å²) in [6, 6.07) is 15.8. The van der Waals surface area contributed by atoms with Crippen LogP contribution >= 0.6 is 0 Å². The third-order valence-corrected chi connectivity index (χ3v) is 5.47. The van der Waals surface area contributed by atoms with Crippen molar-refractivity contribution in [3.05, 3.63) is 65.7 Å². The van der Waals surface area contributed by atoms with Gasteiger partial charge in [0, 0.05) is 20.1 Å². The molecule has 1 amide bonds. The molecule has 0 aliphatic carbocycles. The van der Waals surface area contributed by atoms with Crippen LogP contribution in [0, 0.1) is 6.92 Å². The fourth-order valence-electron chi connectivity index (χ4n) is 2.36. The first-order valence-electron chi connectivity index (χ1n) is 8.78. The maximum atomic E-state index is 12.1. The first-order valence-corrected chi connectivity index (χ1v) is 10.3. The average molecular weight is 404 g/mol. The van der Waals surface area contributed by atoms with Gasteiger partial charge in [0.25, 0.3) is 5.91 Å². The van der Waals surface area contributed by atoms with Crippen molar-refractivity contribution in [3.8, 4) is 0 Å². The lowest BCUT2D eigenvalue weighted by atomic mass is 10.2. The monoisotopic (exact) mass is 404 g/mol. The van der Waals surface area contributed by atoms with E-state index in [1.54, 1.807) is 19.2 Å². The van der Waals surface area contributed by atoms with Crippen LogP contribution < -0.4 is 4.72 Å². The Labute approximate surface area is 165 Å². The molecule has 0 saturated heterocycles. The van der Waals surface area contributed by atoms with E-state index in [4.69, 9.17) is 4.74 Å². The molecule has 0 atom stereocenters. The Bertz CT molecular complexity index is 896. The van der Waals surface area contributed by atoms with Crippen molar-refractivity contribution >= 4 is 21.9 Å². The number of ether oxygens (including phenoxy) is 1. The molecule has 0 bridgehead atoms. The molecule has 0 fully saturated rings. The third kappa shape index (κ3) is 6.79. The van der Waals surface area contributed by atoms with Crippen LogP contribution in [0.1, 0.15) is 17.5 Å². The molecule has 0 radical (unpaired) electrons. The van der Waals surface area contributed by atoms with E-state index in [9.17, 15) is 18.0 Å². The van der Waals surface area contributed by atoms with E-state index in [1.807, 2.05) is 37.3 Å². The van der Waals surface area contributed by atoms with Crippen LogP contribution in [0.3, 0.4) is 0 Å². The lowest BCUT2D eigenvalue weighted by molar-refractivity contribution is -0.151. The molecule has 1 N–H and O–H groups in total. The predicted molar refractivity (Wildman–Crippen MR) is 105 cm³/mol. The number of nitrogens with one attached hydrogen (secondary N) is 1. The highest BCUT2D eigenvalue weighted by atomic mass is 32.2. The summed E-state index contributed by atoms with van der Waals surface area (Å²) in [7, 11) is -2.06. The quantitative estimate of drug-likeness (QED) is 0.644. The van der Waals surface area contributed by atoms with E-state index < -0.39 is 16.0 Å². The fraction of sp³-hybridized carbons (Fsp3) is 0.300. The second-order valence-corrected chi connectivity index (χ2v) is 8.12. The summed E-state index contributed by atoms with van der Waals surface area (Å²) in [5, 5.41) is 0. The molecule has 7 nitrogen and oxygen atoms in total. The Morgan fingerprint density at radius 2 is 1.68 bits per heavy atom. The molecular formula is C20H24N2O5S. The van der Waals surface area contributed by atoms with Gasteiger partial charge in [-0.1, -0.05) is 48.0 Å². The Balaban J connectivity index is 1.72. The fourth-order valence-corrected chi connectivity index (χ4v) is 3.39. The first-order chi connectivity index (χ1) is 13.3. The number of nitrogens with zero attached hydrogens (tertiary/aromatic N) is 1. The van der Waals surface area contributed by atoms with Crippen LogP contribution in [-0.4, -0.2) is 45.4 Å². The lowest BCUT2D eigenvalue weighted by Crippen LogP contribution is -2.31. The lowest BCUT2D eigenvalue weighted by Gasteiger charge is -2.17. The summed E-state index contributed by atoms with van der Waals surface area (Å²) < 4.78 is 31.5. The molecule has 150 valence electrons. The summed E-state index contributed by atoms with van der Waals surface area (Å²) >= 11 is 0. The number of benzene rings is 2. The summed E-state index contributed by atoms with van der Waals surface area (Å²) in [6.07, 6.45) is -0.166. The van der Waals surface area contributed by atoms with Crippen LogP contribution in [-0.2, 0) is 30.9 Å². The highest BCUT2D eigenvalue weighted by molar-refractivity contribution is 7.89. The van der Waals surface area contributed by atoms with E-state index >= 15 is 0 Å². The molecular weight excluding hydrogens is 380 g/mol. The molecule has 0 aliphatic heterocycles. The second-order valence-electron chi connectivity index (χ2n) is 6.36. The van der Waals surface area contributed by atoms with Crippen molar-refractivity contribution in [1.82, 2.24) is 9.62 Å². The summed E-state index contributed by atoms with van der Waals surface area (Å²) in [6.45, 7) is 1.78. The number of carbonyl (C=O) groups is 2. The zero-order valence-corrected chi connectivity index (χ0v) is 16.7. The molecule has 0 spiro atoms. The molecule has 0 aliphatic rings. The number of sulfonamides is 1. The summed E-state index contributed by atoms with van der Waals surface area (Å²) in [4.78, 5) is 25.4. The number of rotatable bonds is 9. The van der Waals surface area contributed by atoms with Crippen LogP contribution in [0.4, 0.5) is 0 Å². The van der Waals surface area contributed by atoms with Gasteiger partial charge in [-0.25, -0.2) is 13.1 Å². The van der Waals surface area contributed by atoms with Crippen LogP contribution in [0.5, 0.6) is 0 Å². The van der Waals surface area contributed by atoms with E-state index in [2.05, 4.69) is 4.72 Å². The highest BCUT2D eigenvalue weighted by Gasteiger charge is 2.16. The number of hydrogen-bond acceptors (Lipinski definition) is 5. The normalized spacial score (nSPS) is 11.1. The summed E-state index contributed by atoms with van der Waals surface area (Å²) in [5.41, 5.74) is 1.92. The molecule has 28 heavy (non-hydrogen) atoms. The largest absolute Gasteiger partial charge is 0.456 e. The Morgan fingerprint density at radius 3 is 2.32 bits per heavy atom. The summed E-state index contributed by atoms with van der Waals surface area (Å²) in [5.74, 6) is -0.981. The zero-order chi connectivity index (χ0) is 20.6. The third-order valence-electron chi connectivity index (χ3n) is 4.00. The Morgan fingerprint density at radius 1 is 1.04 bits per heavy atom. The number of likely N-dealkylation sites (N-methyl/N-ethyl adjacent to an activating group) is 1. The van der Waals surface area contributed by atoms with Crippen molar-refractivity contribution in [2.75, 3.05) is 20.2 Å². The number of hydrogen-bond donors (Lipinski definition) is 1. The standard InChI is InChI=1S/C20H24N2O5S/c1-16-8-10-18(11-9-16)28(25,26)21-13-12-20(24)27-15-19(23)22(2)14-17-6-4-3-5-7-17/h3-11,21H,12-15H2,1-2H3. The molecule has 0 heterocycles. The van der Waals surface area contributed by atoms with Gasteiger partial charge in [0.1, 0.15) is 0 Å². The van der Waals surface area contributed by atoms with Crippen LogP contribution in [0.25, 0.3) is 0 Å². The molecule has 0 saturated carbocycles. The van der Waals surface area contributed by atoms with Gasteiger partial charge in [0.2, 0.25) is 10.0 Å². The van der Waals surface area contributed by atoms with Crippen LogP contribution in [0.15, 0.2) is 59.5 Å². The van der Waals surface area contributed by atoms with Gasteiger partial charge in [-0.15, -0.1) is 0 Å². The maximum Gasteiger partial charge on any atom is 0.307 e. The van der Waals surface area contributed by atoms with Gasteiger partial charge in [-0.2, -0.15) is 0 Å². The zero-order valence-electron chi connectivity index (χ0n) is 15.9. The van der Waals surface area contributed by atoms with Gasteiger partial charge in [-0.05, 0) is 24.6 Å². The minimum absolute atomic E-state index is 0.108. The second kappa shape index (κ2) is 10.0.